The molecule has 0 fully saturated rings. The Balaban J connectivity index is 1.97. The molecule has 0 aliphatic carbocycles. The lowest BCUT2D eigenvalue weighted by molar-refractivity contribution is 0.555. The Hall–Kier alpha value is -0.650. The van der Waals surface area contributed by atoms with Crippen molar-refractivity contribution in [2.75, 3.05) is 6.54 Å². The molecular weight excluding hydrogens is 334 g/mol. The largest absolute Gasteiger partial charge is 0.312 e. The minimum Gasteiger partial charge on any atom is -0.312 e. The van der Waals surface area contributed by atoms with Crippen molar-refractivity contribution < 1.29 is 0 Å². The Morgan fingerprint density at radius 1 is 1.30 bits per heavy atom. The van der Waals surface area contributed by atoms with Gasteiger partial charge in [-0.1, -0.05) is 13.8 Å². The molecule has 0 unspecified atom stereocenters. The fraction of sp³-hybridized carbons (Fsp3) is 0.533. The Morgan fingerprint density at radius 3 is 2.60 bits per heavy atom. The summed E-state index contributed by atoms with van der Waals surface area (Å²) < 4.78 is 3.18. The standard InChI is InChI=1S/C15H22BrN3S/c1-10(2)7-17-8-13-5-6-14(20-13)9-19-12(4)15(16)11(3)18-19/h5-6,10,17H,7-9H2,1-4H3. The molecule has 110 valence electrons. The average Bonchev–Trinajstić information content (AvgIpc) is 2.91. The maximum Gasteiger partial charge on any atom is 0.0755 e. The van der Waals surface area contributed by atoms with E-state index in [4.69, 9.17) is 0 Å². The number of hydrogen-bond donors (Lipinski definition) is 1. The molecule has 0 saturated heterocycles. The maximum atomic E-state index is 4.56. The first-order chi connectivity index (χ1) is 9.47. The lowest BCUT2D eigenvalue weighted by Gasteiger charge is -2.05. The molecule has 0 spiro atoms. The SMILES string of the molecule is Cc1nn(Cc2ccc(CNCC(C)C)s2)c(C)c1Br. The van der Waals surface area contributed by atoms with E-state index in [1.807, 2.05) is 18.3 Å². The van der Waals surface area contributed by atoms with Crippen LogP contribution in [0.3, 0.4) is 0 Å². The molecule has 0 saturated carbocycles. The van der Waals surface area contributed by atoms with E-state index >= 15 is 0 Å². The van der Waals surface area contributed by atoms with E-state index in [9.17, 15) is 0 Å². The molecule has 0 aromatic carbocycles. The Kier molecular flexibility index (Phi) is 5.41. The molecule has 0 aliphatic heterocycles. The van der Waals surface area contributed by atoms with Crippen molar-refractivity contribution in [2.24, 2.45) is 5.92 Å². The minimum atomic E-state index is 0.696. The van der Waals surface area contributed by atoms with Crippen LogP contribution in [0.5, 0.6) is 0 Å². The van der Waals surface area contributed by atoms with Gasteiger partial charge in [0.1, 0.15) is 0 Å². The molecule has 3 nitrogen and oxygen atoms in total. The van der Waals surface area contributed by atoms with Gasteiger partial charge < -0.3 is 5.32 Å². The molecule has 0 amide bonds. The van der Waals surface area contributed by atoms with Crippen molar-refractivity contribution in [1.29, 1.82) is 0 Å². The van der Waals surface area contributed by atoms with Crippen molar-refractivity contribution >= 4 is 27.3 Å². The van der Waals surface area contributed by atoms with Gasteiger partial charge >= 0.3 is 0 Å². The third-order valence-corrected chi connectivity index (χ3v) is 5.39. The van der Waals surface area contributed by atoms with Crippen molar-refractivity contribution in [3.05, 3.63) is 37.7 Å². The van der Waals surface area contributed by atoms with Gasteiger partial charge in [0, 0.05) is 16.3 Å². The van der Waals surface area contributed by atoms with E-state index < -0.39 is 0 Å². The second-order valence-electron chi connectivity index (χ2n) is 5.54. The second kappa shape index (κ2) is 6.87. The average molecular weight is 356 g/mol. The highest BCUT2D eigenvalue weighted by molar-refractivity contribution is 9.10. The Labute approximate surface area is 133 Å². The summed E-state index contributed by atoms with van der Waals surface area (Å²) in [5.41, 5.74) is 2.24. The van der Waals surface area contributed by atoms with Crippen LogP contribution in [0.2, 0.25) is 0 Å². The number of rotatable bonds is 6. The summed E-state index contributed by atoms with van der Waals surface area (Å²) in [5, 5.41) is 8.04. The van der Waals surface area contributed by atoms with Crippen LogP contribution in [0.25, 0.3) is 0 Å². The first-order valence-corrected chi connectivity index (χ1v) is 8.56. The predicted molar refractivity (Wildman–Crippen MR) is 89.4 cm³/mol. The van der Waals surface area contributed by atoms with Crippen molar-refractivity contribution in [1.82, 2.24) is 15.1 Å². The smallest absolute Gasteiger partial charge is 0.0755 e. The molecule has 0 aliphatic rings. The number of nitrogens with one attached hydrogen (secondary N) is 1. The Morgan fingerprint density at radius 2 is 2.00 bits per heavy atom. The fourth-order valence-electron chi connectivity index (χ4n) is 2.06. The third-order valence-electron chi connectivity index (χ3n) is 3.17. The van der Waals surface area contributed by atoms with Crippen molar-refractivity contribution in [3.8, 4) is 0 Å². The highest BCUT2D eigenvalue weighted by atomic mass is 79.9. The van der Waals surface area contributed by atoms with E-state index in [0.29, 0.717) is 5.92 Å². The van der Waals surface area contributed by atoms with Crippen LogP contribution in [0.4, 0.5) is 0 Å². The number of thiophene rings is 1. The van der Waals surface area contributed by atoms with Crippen LogP contribution in [0, 0.1) is 19.8 Å². The number of nitrogens with zero attached hydrogens (tertiary/aromatic N) is 2. The fourth-order valence-corrected chi connectivity index (χ4v) is 3.32. The maximum absolute atomic E-state index is 4.56. The molecule has 0 bridgehead atoms. The van der Waals surface area contributed by atoms with Gasteiger partial charge in [0.25, 0.3) is 0 Å². The molecule has 2 rings (SSSR count). The number of halogens is 1. The quantitative estimate of drug-likeness (QED) is 0.844. The molecule has 1 N–H and O–H groups in total. The number of aromatic nitrogens is 2. The predicted octanol–water partition coefficient (Wildman–Crippen LogP) is 4.12. The number of aryl methyl sites for hydroxylation is 1. The summed E-state index contributed by atoms with van der Waals surface area (Å²) in [6.07, 6.45) is 0. The van der Waals surface area contributed by atoms with Gasteiger partial charge in [-0.15, -0.1) is 11.3 Å². The van der Waals surface area contributed by atoms with Gasteiger partial charge in [-0.05, 0) is 54.4 Å². The summed E-state index contributed by atoms with van der Waals surface area (Å²) in [6, 6.07) is 4.43. The minimum absolute atomic E-state index is 0.696. The second-order valence-corrected chi connectivity index (χ2v) is 7.58. The molecular formula is C15H22BrN3S. The highest BCUT2D eigenvalue weighted by Crippen LogP contribution is 2.23. The summed E-state index contributed by atoms with van der Waals surface area (Å²) in [5.74, 6) is 0.696. The van der Waals surface area contributed by atoms with Crippen LogP contribution in [0.1, 0.15) is 35.0 Å². The topological polar surface area (TPSA) is 29.9 Å². The molecule has 2 heterocycles. The summed E-state index contributed by atoms with van der Waals surface area (Å²) >= 11 is 5.44. The molecule has 0 radical (unpaired) electrons. The van der Waals surface area contributed by atoms with Gasteiger partial charge in [-0.3, -0.25) is 4.68 Å². The van der Waals surface area contributed by atoms with Gasteiger partial charge in [0.15, 0.2) is 0 Å². The lowest BCUT2D eigenvalue weighted by Crippen LogP contribution is -2.18. The van der Waals surface area contributed by atoms with Crippen LogP contribution in [-0.2, 0) is 13.1 Å². The zero-order valence-corrected chi connectivity index (χ0v) is 14.9. The van der Waals surface area contributed by atoms with Crippen molar-refractivity contribution in [3.63, 3.8) is 0 Å². The van der Waals surface area contributed by atoms with E-state index in [-0.39, 0.29) is 0 Å². The lowest BCUT2D eigenvalue weighted by atomic mass is 10.2. The molecule has 20 heavy (non-hydrogen) atoms. The molecule has 0 atom stereocenters. The molecule has 2 aromatic rings. The van der Waals surface area contributed by atoms with Gasteiger partial charge in [0.05, 0.1) is 22.4 Å². The third kappa shape index (κ3) is 3.93. The summed E-state index contributed by atoms with van der Waals surface area (Å²) in [7, 11) is 0. The van der Waals surface area contributed by atoms with E-state index in [1.54, 1.807) is 0 Å². The van der Waals surface area contributed by atoms with E-state index in [1.165, 1.54) is 15.4 Å². The van der Waals surface area contributed by atoms with Gasteiger partial charge in [-0.2, -0.15) is 5.10 Å². The first-order valence-electron chi connectivity index (χ1n) is 6.95. The van der Waals surface area contributed by atoms with Crippen LogP contribution in [0.15, 0.2) is 16.6 Å². The van der Waals surface area contributed by atoms with E-state index in [2.05, 4.69) is 63.9 Å². The first kappa shape index (κ1) is 15.7. The van der Waals surface area contributed by atoms with Crippen LogP contribution in [-0.4, -0.2) is 16.3 Å². The van der Waals surface area contributed by atoms with Crippen LogP contribution >= 0.6 is 27.3 Å². The normalized spacial score (nSPS) is 11.5. The Bertz CT molecular complexity index is 572. The van der Waals surface area contributed by atoms with Gasteiger partial charge in [-0.25, -0.2) is 0 Å². The molecule has 5 heteroatoms. The van der Waals surface area contributed by atoms with E-state index in [0.717, 1.165) is 29.8 Å². The number of hydrogen-bond acceptors (Lipinski definition) is 3. The summed E-state index contributed by atoms with van der Waals surface area (Å²) in [6.45, 7) is 11.5. The molecule has 2 aromatic heterocycles. The van der Waals surface area contributed by atoms with Gasteiger partial charge in [0.2, 0.25) is 0 Å². The monoisotopic (exact) mass is 355 g/mol. The zero-order chi connectivity index (χ0) is 14.7. The summed E-state index contributed by atoms with van der Waals surface area (Å²) in [4.78, 5) is 2.74. The highest BCUT2D eigenvalue weighted by Gasteiger charge is 2.10. The van der Waals surface area contributed by atoms with Crippen molar-refractivity contribution in [2.45, 2.75) is 40.8 Å². The van der Waals surface area contributed by atoms with Crippen LogP contribution < -0.4 is 5.32 Å². The zero-order valence-electron chi connectivity index (χ0n) is 12.5.